The number of primary amides is 1. The molecule has 0 radical (unpaired) electrons. The first-order valence-corrected chi connectivity index (χ1v) is 7.70. The van der Waals surface area contributed by atoms with Crippen LogP contribution in [0, 0.1) is 5.92 Å². The molecule has 0 spiro atoms. The van der Waals surface area contributed by atoms with Crippen molar-refractivity contribution in [2.75, 3.05) is 6.54 Å². The molecule has 1 saturated carbocycles. The third-order valence-corrected chi connectivity index (χ3v) is 4.17. The van der Waals surface area contributed by atoms with Crippen LogP contribution in [0.1, 0.15) is 17.9 Å². The van der Waals surface area contributed by atoms with Crippen molar-refractivity contribution in [2.45, 2.75) is 12.3 Å². The first-order valence-electron chi connectivity index (χ1n) is 7.32. The Morgan fingerprint density at radius 1 is 1.25 bits per heavy atom. The fraction of sp³-hybridized carbons (Fsp3) is 0.235. The predicted molar refractivity (Wildman–Crippen MR) is 94.0 cm³/mol. The van der Waals surface area contributed by atoms with Gasteiger partial charge in [-0.05, 0) is 60.2 Å². The van der Waals surface area contributed by atoms with Gasteiger partial charge in [0, 0.05) is 5.02 Å². The number of nitrogens with two attached hydrogens (primary N) is 1. The van der Waals surface area contributed by atoms with Crippen molar-refractivity contribution in [3.8, 4) is 11.5 Å². The molecule has 0 aliphatic heterocycles. The van der Waals surface area contributed by atoms with Crippen LogP contribution in [0.15, 0.2) is 48.5 Å². The van der Waals surface area contributed by atoms with Gasteiger partial charge in [-0.25, -0.2) is 9.86 Å². The van der Waals surface area contributed by atoms with Gasteiger partial charge in [0.1, 0.15) is 11.5 Å². The second-order valence-corrected chi connectivity index (χ2v) is 6.09. The zero-order valence-electron chi connectivity index (χ0n) is 12.4. The predicted octanol–water partition coefficient (Wildman–Crippen LogP) is 3.36. The van der Waals surface area contributed by atoms with E-state index in [1.165, 1.54) is 0 Å². The van der Waals surface area contributed by atoms with E-state index >= 15 is 0 Å². The van der Waals surface area contributed by atoms with Crippen LogP contribution in [-0.2, 0) is 0 Å². The molecule has 2 atom stereocenters. The Morgan fingerprint density at radius 2 is 1.96 bits per heavy atom. The van der Waals surface area contributed by atoms with Gasteiger partial charge in [-0.3, -0.25) is 5.21 Å². The van der Waals surface area contributed by atoms with Crippen LogP contribution in [0.4, 0.5) is 4.79 Å². The molecule has 2 aromatic rings. The second-order valence-electron chi connectivity index (χ2n) is 5.65. The van der Waals surface area contributed by atoms with Crippen LogP contribution in [0.25, 0.3) is 0 Å². The third kappa shape index (κ3) is 5.19. The van der Waals surface area contributed by atoms with Gasteiger partial charge >= 0.3 is 57.4 Å². The van der Waals surface area contributed by atoms with Gasteiger partial charge in [0.15, 0.2) is 0 Å². The van der Waals surface area contributed by atoms with Crippen LogP contribution in [0.5, 0.6) is 11.5 Å². The van der Waals surface area contributed by atoms with Gasteiger partial charge in [0.25, 0.3) is 0 Å². The molecule has 5 nitrogen and oxygen atoms in total. The molecule has 3 rings (SSSR count). The third-order valence-electron chi connectivity index (χ3n) is 3.92. The Hall–Kier alpha value is -0.604. The summed E-state index contributed by atoms with van der Waals surface area (Å²) in [6.07, 6.45) is 0.911. The van der Waals surface area contributed by atoms with Gasteiger partial charge in [0.2, 0.25) is 0 Å². The minimum absolute atomic E-state index is 0. The number of ether oxygens (including phenoxy) is 1. The van der Waals surface area contributed by atoms with E-state index in [9.17, 15) is 10.0 Å². The molecule has 1 aliphatic carbocycles. The van der Waals surface area contributed by atoms with Crippen molar-refractivity contribution >= 4 is 69.0 Å². The van der Waals surface area contributed by atoms with Crippen molar-refractivity contribution in [1.29, 1.82) is 0 Å². The van der Waals surface area contributed by atoms with Gasteiger partial charge < -0.3 is 10.5 Å². The number of urea groups is 1. The number of hydroxylamine groups is 2. The van der Waals surface area contributed by atoms with Gasteiger partial charge in [-0.15, -0.1) is 0 Å². The molecular weight excluding hydrogens is 355 g/mol. The van der Waals surface area contributed by atoms with Crippen molar-refractivity contribution in [1.82, 2.24) is 5.06 Å². The number of hydrogen-bond donors (Lipinski definition) is 2. The van der Waals surface area contributed by atoms with Gasteiger partial charge in [-0.1, -0.05) is 23.7 Å². The van der Waals surface area contributed by atoms with Crippen molar-refractivity contribution < 1.29 is 14.7 Å². The van der Waals surface area contributed by atoms with E-state index in [4.69, 9.17) is 22.1 Å². The summed E-state index contributed by atoms with van der Waals surface area (Å²) in [6, 6.07) is 14.2. The summed E-state index contributed by atoms with van der Waals surface area (Å²) in [6.45, 7) is 0.252. The Bertz CT molecular complexity index is 711. The molecular formula is C17H18ClKN2O3. The van der Waals surface area contributed by atoms with Crippen molar-refractivity contribution in [2.24, 2.45) is 11.7 Å². The summed E-state index contributed by atoms with van der Waals surface area (Å²) in [5.74, 6) is 1.98. The van der Waals surface area contributed by atoms with E-state index < -0.39 is 6.03 Å². The van der Waals surface area contributed by atoms with Crippen LogP contribution >= 0.6 is 11.6 Å². The number of rotatable bonds is 5. The molecule has 0 aromatic heterocycles. The Labute approximate surface area is 188 Å². The standard InChI is InChI=1S/C17H17ClN2O3.K.H/c18-13-4-6-14(7-5-13)23-15-3-1-2-11(8-15)16-9-12(16)10-20(22)17(19)21;;/h1-8,12,16,22H,9-10H2,(H2,19,21);;/t12-,16-;;/m0../s1. The first-order chi connectivity index (χ1) is 11.0. The van der Waals surface area contributed by atoms with Crippen LogP contribution in [0.3, 0.4) is 0 Å². The number of benzene rings is 2. The molecule has 7 heteroatoms. The van der Waals surface area contributed by atoms with Crippen molar-refractivity contribution in [3.05, 3.63) is 59.1 Å². The number of amides is 2. The average molecular weight is 373 g/mol. The molecule has 0 bridgehead atoms. The van der Waals surface area contributed by atoms with Crippen LogP contribution < -0.4 is 10.5 Å². The molecule has 0 heterocycles. The molecule has 1 aliphatic rings. The summed E-state index contributed by atoms with van der Waals surface area (Å²) < 4.78 is 5.81. The van der Waals surface area contributed by atoms with E-state index in [1.807, 2.05) is 36.4 Å². The summed E-state index contributed by atoms with van der Waals surface area (Å²) in [5, 5.41) is 10.6. The summed E-state index contributed by atoms with van der Waals surface area (Å²) in [5.41, 5.74) is 6.15. The summed E-state index contributed by atoms with van der Waals surface area (Å²) in [4.78, 5) is 10.9. The zero-order valence-corrected chi connectivity index (χ0v) is 13.1. The average Bonchev–Trinajstić information content (AvgIpc) is 3.29. The maximum absolute atomic E-state index is 10.9. The second kappa shape index (κ2) is 8.67. The number of carbonyl (C=O) groups excluding carboxylic acids is 1. The maximum atomic E-state index is 10.9. The fourth-order valence-corrected chi connectivity index (χ4v) is 2.74. The Balaban J connectivity index is 0.00000208. The molecule has 2 amide bonds. The first kappa shape index (κ1) is 19.7. The monoisotopic (exact) mass is 372 g/mol. The molecule has 3 N–H and O–H groups in total. The molecule has 122 valence electrons. The van der Waals surface area contributed by atoms with Gasteiger partial charge in [0.05, 0.1) is 6.54 Å². The van der Waals surface area contributed by atoms with E-state index in [-0.39, 0.29) is 63.8 Å². The molecule has 24 heavy (non-hydrogen) atoms. The number of carbonyl (C=O) groups is 1. The molecule has 0 unspecified atom stereocenters. The summed E-state index contributed by atoms with van der Waals surface area (Å²) in [7, 11) is 0. The molecule has 0 saturated heterocycles. The molecule has 1 fully saturated rings. The zero-order chi connectivity index (χ0) is 16.4. The van der Waals surface area contributed by atoms with E-state index in [2.05, 4.69) is 0 Å². The van der Waals surface area contributed by atoms with E-state index in [1.54, 1.807) is 12.1 Å². The van der Waals surface area contributed by atoms with Gasteiger partial charge in [-0.2, -0.15) is 0 Å². The Kier molecular flexibility index (Phi) is 7.12. The number of nitrogens with zero attached hydrogens (tertiary/aromatic N) is 1. The Morgan fingerprint density at radius 3 is 2.62 bits per heavy atom. The molecule has 2 aromatic carbocycles. The number of halogens is 1. The van der Waals surface area contributed by atoms with Crippen molar-refractivity contribution in [3.63, 3.8) is 0 Å². The number of hydrogen-bond acceptors (Lipinski definition) is 3. The minimum atomic E-state index is -0.824. The normalized spacial score (nSPS) is 18.4. The van der Waals surface area contributed by atoms with Crippen LogP contribution in [-0.4, -0.2) is 74.2 Å². The fourth-order valence-electron chi connectivity index (χ4n) is 2.62. The van der Waals surface area contributed by atoms with Crippen LogP contribution in [0.2, 0.25) is 5.02 Å². The van der Waals surface area contributed by atoms with E-state index in [0.717, 1.165) is 17.7 Å². The summed E-state index contributed by atoms with van der Waals surface area (Å²) >= 11 is 5.86. The topological polar surface area (TPSA) is 75.8 Å². The van der Waals surface area contributed by atoms with E-state index in [0.29, 0.717) is 21.8 Å². The SMILES string of the molecule is NC(=O)N(O)C[C@@H]1C[C@H]1c1cccc(Oc2ccc(Cl)cc2)c1.[KH]. The quantitative estimate of drug-likeness (QED) is 0.480.